The summed E-state index contributed by atoms with van der Waals surface area (Å²) in [7, 11) is -3.46. The zero-order valence-electron chi connectivity index (χ0n) is 11.6. The van der Waals surface area contributed by atoms with E-state index < -0.39 is 10.0 Å². The second-order valence-electron chi connectivity index (χ2n) is 4.88. The predicted octanol–water partition coefficient (Wildman–Crippen LogP) is 2.77. The van der Waals surface area contributed by atoms with E-state index in [0.29, 0.717) is 23.9 Å². The fraction of sp³-hybridized carbons (Fsp3) is 0.500. The van der Waals surface area contributed by atoms with E-state index in [1.54, 1.807) is 24.3 Å². The number of hydrogen-bond acceptors (Lipinski definition) is 3. The molecular weight excluding hydrogens is 296 g/mol. The van der Waals surface area contributed by atoms with Gasteiger partial charge < -0.3 is 0 Å². The van der Waals surface area contributed by atoms with Crippen LogP contribution in [-0.4, -0.2) is 26.2 Å². The Kier molecular flexibility index (Phi) is 4.70. The molecular formula is C14H19ClN2O2S. The van der Waals surface area contributed by atoms with Crippen LogP contribution >= 0.6 is 11.6 Å². The first kappa shape index (κ1) is 15.3. The van der Waals surface area contributed by atoms with E-state index in [2.05, 4.69) is 23.6 Å². The Hall–Kier alpha value is -1.07. The lowest BCUT2D eigenvalue weighted by atomic mass is 9.99. The lowest BCUT2D eigenvalue weighted by molar-refractivity contribution is 0.470. The summed E-state index contributed by atoms with van der Waals surface area (Å²) in [6, 6.07) is 6.84. The molecule has 1 N–H and O–H groups in total. The number of halogens is 1. The minimum absolute atomic E-state index is 0.0743. The number of alkyl halides is 1. The number of aliphatic imine (C=N–C) groups is 1. The van der Waals surface area contributed by atoms with Gasteiger partial charge in [0.25, 0.3) is 10.0 Å². The molecule has 0 spiro atoms. The molecule has 6 heteroatoms. The summed E-state index contributed by atoms with van der Waals surface area (Å²) in [5.41, 5.74) is 0.626. The number of nitrogens with zero attached hydrogens (tertiary/aromatic N) is 1. The largest absolute Gasteiger partial charge is 0.266 e. The van der Waals surface area contributed by atoms with Crippen molar-refractivity contribution in [2.75, 3.05) is 6.54 Å². The third-order valence-electron chi connectivity index (χ3n) is 3.65. The standard InChI is InChI=1S/C14H19ClN2O2S/c1-3-10(4-2)12(15)9-16-14-11-7-5-6-8-13(11)20(18,19)17-14/h5-8,10,12H,3-4,9H2,1-2H3,(H,16,17). The van der Waals surface area contributed by atoms with Crippen molar-refractivity contribution in [2.24, 2.45) is 10.9 Å². The minimum Gasteiger partial charge on any atom is -0.266 e. The first-order valence-electron chi connectivity index (χ1n) is 6.80. The van der Waals surface area contributed by atoms with Gasteiger partial charge in [0, 0.05) is 5.56 Å². The molecule has 0 amide bonds. The molecule has 1 aromatic carbocycles. The fourth-order valence-corrected chi connectivity index (χ4v) is 4.06. The summed E-state index contributed by atoms with van der Waals surface area (Å²) >= 11 is 6.34. The molecule has 0 saturated heterocycles. The van der Waals surface area contributed by atoms with E-state index >= 15 is 0 Å². The molecule has 0 aliphatic carbocycles. The van der Waals surface area contributed by atoms with Gasteiger partial charge in [-0.2, -0.15) is 0 Å². The summed E-state index contributed by atoms with van der Waals surface area (Å²) in [5.74, 6) is 0.798. The molecule has 0 saturated carbocycles. The van der Waals surface area contributed by atoms with Crippen molar-refractivity contribution in [1.29, 1.82) is 0 Å². The van der Waals surface area contributed by atoms with Gasteiger partial charge >= 0.3 is 0 Å². The van der Waals surface area contributed by atoms with Crippen molar-refractivity contribution in [1.82, 2.24) is 4.72 Å². The number of hydrogen-bond donors (Lipinski definition) is 1. The Bertz CT molecular complexity index is 609. The van der Waals surface area contributed by atoms with Crippen LogP contribution < -0.4 is 4.72 Å². The molecule has 1 aliphatic heterocycles. The molecule has 1 heterocycles. The molecule has 1 aromatic rings. The maximum Gasteiger partial charge on any atom is 0.263 e. The smallest absolute Gasteiger partial charge is 0.263 e. The highest BCUT2D eigenvalue weighted by Gasteiger charge is 2.30. The van der Waals surface area contributed by atoms with E-state index in [1.807, 2.05) is 0 Å². The van der Waals surface area contributed by atoms with Gasteiger partial charge in [-0.25, -0.2) is 8.42 Å². The Morgan fingerprint density at radius 3 is 2.55 bits per heavy atom. The Morgan fingerprint density at radius 1 is 1.25 bits per heavy atom. The van der Waals surface area contributed by atoms with Gasteiger partial charge in [-0.05, 0) is 18.1 Å². The first-order chi connectivity index (χ1) is 9.49. The number of amidine groups is 1. The van der Waals surface area contributed by atoms with Gasteiger partial charge in [-0.3, -0.25) is 9.71 Å². The molecule has 4 nitrogen and oxygen atoms in total. The Morgan fingerprint density at radius 2 is 1.90 bits per heavy atom. The van der Waals surface area contributed by atoms with Crippen molar-refractivity contribution in [3.05, 3.63) is 29.8 Å². The SMILES string of the molecule is CCC(CC)C(Cl)CN=C1NS(=O)(=O)c2ccccc21. The Balaban J connectivity index is 2.21. The molecule has 2 rings (SSSR count). The molecule has 20 heavy (non-hydrogen) atoms. The molecule has 1 unspecified atom stereocenters. The highest BCUT2D eigenvalue weighted by atomic mass is 35.5. The molecule has 0 bridgehead atoms. The van der Waals surface area contributed by atoms with Gasteiger partial charge in [0.2, 0.25) is 0 Å². The highest BCUT2D eigenvalue weighted by molar-refractivity contribution is 7.90. The zero-order valence-corrected chi connectivity index (χ0v) is 13.2. The van der Waals surface area contributed by atoms with Crippen LogP contribution in [0.25, 0.3) is 0 Å². The highest BCUT2D eigenvalue weighted by Crippen LogP contribution is 2.23. The number of sulfonamides is 1. The lowest BCUT2D eigenvalue weighted by Gasteiger charge is -2.17. The lowest BCUT2D eigenvalue weighted by Crippen LogP contribution is -2.24. The summed E-state index contributed by atoms with van der Waals surface area (Å²) < 4.78 is 26.3. The van der Waals surface area contributed by atoms with Gasteiger partial charge in [-0.15, -0.1) is 11.6 Å². The molecule has 110 valence electrons. The summed E-state index contributed by atoms with van der Waals surface area (Å²) in [4.78, 5) is 4.66. The van der Waals surface area contributed by atoms with Crippen LogP contribution in [0.2, 0.25) is 0 Å². The molecule has 1 aliphatic rings. The third kappa shape index (κ3) is 2.99. The summed E-state index contributed by atoms with van der Waals surface area (Å²) in [6.45, 7) is 4.62. The Labute approximate surface area is 125 Å². The van der Waals surface area contributed by atoms with Gasteiger partial charge in [-0.1, -0.05) is 38.8 Å². The van der Waals surface area contributed by atoms with E-state index in [9.17, 15) is 8.42 Å². The number of nitrogens with one attached hydrogen (secondary N) is 1. The molecule has 0 fully saturated rings. The van der Waals surface area contributed by atoms with Crippen molar-refractivity contribution in [2.45, 2.75) is 37.0 Å². The van der Waals surface area contributed by atoms with Crippen LogP contribution in [0, 0.1) is 5.92 Å². The topological polar surface area (TPSA) is 58.5 Å². The average molecular weight is 315 g/mol. The van der Waals surface area contributed by atoms with E-state index in [-0.39, 0.29) is 10.3 Å². The monoisotopic (exact) mass is 314 g/mol. The second-order valence-corrected chi connectivity index (χ2v) is 7.09. The van der Waals surface area contributed by atoms with Gasteiger partial charge in [0.15, 0.2) is 0 Å². The normalized spacial score (nSPS) is 19.9. The number of rotatable bonds is 5. The van der Waals surface area contributed by atoms with Gasteiger partial charge in [0.1, 0.15) is 5.84 Å². The maximum absolute atomic E-state index is 11.9. The van der Waals surface area contributed by atoms with Crippen LogP contribution in [0.5, 0.6) is 0 Å². The zero-order chi connectivity index (χ0) is 14.8. The van der Waals surface area contributed by atoms with Gasteiger partial charge in [0.05, 0.1) is 16.8 Å². The average Bonchev–Trinajstić information content (AvgIpc) is 2.70. The minimum atomic E-state index is -3.46. The van der Waals surface area contributed by atoms with E-state index in [0.717, 1.165) is 12.8 Å². The van der Waals surface area contributed by atoms with Crippen molar-refractivity contribution >= 4 is 27.5 Å². The van der Waals surface area contributed by atoms with Crippen LogP contribution in [0.4, 0.5) is 0 Å². The molecule has 0 aromatic heterocycles. The van der Waals surface area contributed by atoms with Crippen LogP contribution in [0.1, 0.15) is 32.3 Å². The van der Waals surface area contributed by atoms with Crippen LogP contribution in [0.15, 0.2) is 34.2 Å². The van der Waals surface area contributed by atoms with Crippen LogP contribution in [-0.2, 0) is 10.0 Å². The van der Waals surface area contributed by atoms with E-state index in [4.69, 9.17) is 11.6 Å². The molecule has 0 radical (unpaired) electrons. The van der Waals surface area contributed by atoms with Crippen molar-refractivity contribution in [3.63, 3.8) is 0 Å². The summed E-state index contributed by atoms with van der Waals surface area (Å²) in [6.07, 6.45) is 2.00. The molecule has 1 atom stereocenters. The van der Waals surface area contributed by atoms with Crippen LogP contribution in [0.3, 0.4) is 0 Å². The quantitative estimate of drug-likeness (QED) is 0.850. The first-order valence-corrected chi connectivity index (χ1v) is 8.72. The van der Waals surface area contributed by atoms with Crippen molar-refractivity contribution in [3.8, 4) is 0 Å². The maximum atomic E-state index is 11.9. The number of fused-ring (bicyclic) bond motifs is 1. The third-order valence-corrected chi connectivity index (χ3v) is 5.54. The fourth-order valence-electron chi connectivity index (χ4n) is 2.38. The van der Waals surface area contributed by atoms with Crippen molar-refractivity contribution < 1.29 is 8.42 Å². The second kappa shape index (κ2) is 6.14. The van der Waals surface area contributed by atoms with E-state index in [1.165, 1.54) is 0 Å². The predicted molar refractivity (Wildman–Crippen MR) is 81.9 cm³/mol. The number of benzene rings is 1. The summed E-state index contributed by atoms with van der Waals surface area (Å²) in [5, 5.41) is -0.0743.